The lowest BCUT2D eigenvalue weighted by Crippen LogP contribution is -2.48. The third-order valence-corrected chi connectivity index (χ3v) is 6.39. The van der Waals surface area contributed by atoms with Crippen LogP contribution >= 0.6 is 0 Å². The molecule has 12 heteroatoms. The number of ether oxygens (including phenoxy) is 1. The van der Waals surface area contributed by atoms with Gasteiger partial charge in [-0.15, -0.1) is 0 Å². The van der Waals surface area contributed by atoms with Crippen molar-refractivity contribution < 1.29 is 19.7 Å². The molecule has 3 heterocycles. The van der Waals surface area contributed by atoms with E-state index < -0.39 is 17.9 Å². The van der Waals surface area contributed by atoms with Crippen LogP contribution in [0.4, 0.5) is 16.3 Å². The van der Waals surface area contributed by atoms with E-state index in [1.54, 1.807) is 0 Å². The minimum Gasteiger partial charge on any atom is -0.385 e. The van der Waals surface area contributed by atoms with E-state index in [-0.39, 0.29) is 23.9 Å². The van der Waals surface area contributed by atoms with Crippen molar-refractivity contribution in [2.45, 2.75) is 44.1 Å². The number of imidazole rings is 1. The van der Waals surface area contributed by atoms with Crippen molar-refractivity contribution in [3.63, 3.8) is 0 Å². The van der Waals surface area contributed by atoms with Gasteiger partial charge in [-0.25, -0.2) is 19.7 Å². The monoisotopic (exact) mass is 498 g/mol. The standard InChI is InChI=1S/C24H34N8O4/c1-23(2,3)15-5-7-16(8-6-15)30-22(34)26-9-10-31(4)11-17-19(33)24(35,12-36-17)32-14-29-18-20(25)27-13-28-21(18)32/h5-8,13-14,17,19,33,35H,9-12H2,1-4H3,(H2,25,27,28)(H2,26,30,34)/t17-,19-,24-/m1/s1. The summed E-state index contributed by atoms with van der Waals surface area (Å²) < 4.78 is 7.10. The van der Waals surface area contributed by atoms with Gasteiger partial charge in [0.2, 0.25) is 0 Å². The average molecular weight is 499 g/mol. The van der Waals surface area contributed by atoms with Crippen molar-refractivity contribution in [2.24, 2.45) is 0 Å². The highest BCUT2D eigenvalue weighted by Crippen LogP contribution is 2.32. The van der Waals surface area contributed by atoms with E-state index >= 15 is 0 Å². The molecule has 0 aliphatic carbocycles. The summed E-state index contributed by atoms with van der Waals surface area (Å²) in [5.41, 5.74) is 6.69. The van der Waals surface area contributed by atoms with E-state index in [1.165, 1.54) is 22.8 Å². The van der Waals surface area contributed by atoms with E-state index in [2.05, 4.69) is 46.4 Å². The first-order valence-corrected chi connectivity index (χ1v) is 11.8. The molecule has 0 radical (unpaired) electrons. The molecule has 0 unspecified atom stereocenters. The Morgan fingerprint density at radius 3 is 2.69 bits per heavy atom. The van der Waals surface area contributed by atoms with Crippen molar-refractivity contribution in [1.82, 2.24) is 29.7 Å². The first kappa shape index (κ1) is 25.8. The number of carbonyl (C=O) groups is 1. The number of rotatable bonds is 7. The number of carbonyl (C=O) groups excluding carboxylic acids is 1. The number of hydrogen-bond acceptors (Lipinski definition) is 9. The molecule has 12 nitrogen and oxygen atoms in total. The molecule has 4 rings (SSSR count). The van der Waals surface area contributed by atoms with Crippen molar-refractivity contribution in [3.05, 3.63) is 42.5 Å². The van der Waals surface area contributed by atoms with Crippen LogP contribution in [0.15, 0.2) is 36.9 Å². The Balaban J connectivity index is 1.26. The van der Waals surface area contributed by atoms with Crippen LogP contribution in [-0.2, 0) is 15.9 Å². The van der Waals surface area contributed by atoms with E-state index in [0.717, 1.165) is 5.69 Å². The molecule has 2 aromatic heterocycles. The highest BCUT2D eigenvalue weighted by atomic mass is 16.5. The number of aromatic nitrogens is 4. The number of amides is 2. The second kappa shape index (κ2) is 9.97. The molecule has 1 aliphatic rings. The lowest BCUT2D eigenvalue weighted by Gasteiger charge is -2.29. The van der Waals surface area contributed by atoms with Gasteiger partial charge in [0.15, 0.2) is 17.2 Å². The van der Waals surface area contributed by atoms with Gasteiger partial charge in [0.05, 0.1) is 12.9 Å². The van der Waals surface area contributed by atoms with Gasteiger partial charge in [-0.3, -0.25) is 4.57 Å². The van der Waals surface area contributed by atoms with Crippen LogP contribution in [0.25, 0.3) is 11.2 Å². The number of nitrogen functional groups attached to an aromatic ring is 1. The summed E-state index contributed by atoms with van der Waals surface area (Å²) in [6, 6.07) is 7.48. The summed E-state index contributed by atoms with van der Waals surface area (Å²) >= 11 is 0. The molecule has 3 atom stereocenters. The molecule has 1 aliphatic heterocycles. The third-order valence-electron chi connectivity index (χ3n) is 6.39. The predicted molar refractivity (Wildman–Crippen MR) is 135 cm³/mol. The smallest absolute Gasteiger partial charge is 0.319 e. The van der Waals surface area contributed by atoms with E-state index in [1.807, 2.05) is 36.2 Å². The fourth-order valence-corrected chi connectivity index (χ4v) is 4.19. The van der Waals surface area contributed by atoms with Crippen LogP contribution in [0, 0.1) is 0 Å². The number of nitrogens with two attached hydrogens (primary N) is 1. The fourth-order valence-electron chi connectivity index (χ4n) is 4.19. The number of hydrogen-bond donors (Lipinski definition) is 5. The molecular weight excluding hydrogens is 464 g/mol. The van der Waals surface area contributed by atoms with Gasteiger partial charge >= 0.3 is 6.03 Å². The minimum absolute atomic E-state index is 0.0482. The quantitative estimate of drug-likeness (QED) is 0.318. The Morgan fingerprint density at radius 2 is 2.00 bits per heavy atom. The average Bonchev–Trinajstić information content (AvgIpc) is 3.38. The Kier molecular flexibility index (Phi) is 7.14. The van der Waals surface area contributed by atoms with Crippen molar-refractivity contribution >= 4 is 28.7 Å². The van der Waals surface area contributed by atoms with Crippen LogP contribution in [-0.4, -0.2) is 86.2 Å². The van der Waals surface area contributed by atoms with Crippen LogP contribution in [0.1, 0.15) is 26.3 Å². The fraction of sp³-hybridized carbons (Fsp3) is 0.500. The zero-order valence-corrected chi connectivity index (χ0v) is 21.0. The normalized spacial score (nSPS) is 22.3. The molecule has 1 aromatic carbocycles. The van der Waals surface area contributed by atoms with Gasteiger partial charge in [0.1, 0.15) is 24.1 Å². The summed E-state index contributed by atoms with van der Waals surface area (Å²) in [6.45, 7) is 7.51. The predicted octanol–water partition coefficient (Wildman–Crippen LogP) is 0.864. The number of benzene rings is 1. The summed E-state index contributed by atoms with van der Waals surface area (Å²) in [5, 5.41) is 27.8. The zero-order valence-electron chi connectivity index (χ0n) is 21.0. The highest BCUT2D eigenvalue weighted by Gasteiger charge is 2.50. The Labute approximate surface area is 209 Å². The number of fused-ring (bicyclic) bond motifs is 1. The Bertz CT molecular complexity index is 1210. The van der Waals surface area contributed by atoms with E-state index in [4.69, 9.17) is 10.5 Å². The second-order valence-corrected chi connectivity index (χ2v) is 10.2. The molecule has 2 amide bonds. The minimum atomic E-state index is -1.75. The highest BCUT2D eigenvalue weighted by molar-refractivity contribution is 5.89. The second-order valence-electron chi connectivity index (χ2n) is 10.2. The van der Waals surface area contributed by atoms with E-state index in [9.17, 15) is 15.0 Å². The maximum Gasteiger partial charge on any atom is 0.319 e. The lowest BCUT2D eigenvalue weighted by atomic mass is 9.87. The molecule has 1 fully saturated rings. The summed E-state index contributed by atoms with van der Waals surface area (Å²) in [5.74, 6) is 0.186. The summed E-state index contributed by atoms with van der Waals surface area (Å²) in [7, 11) is 1.85. The summed E-state index contributed by atoms with van der Waals surface area (Å²) in [6.07, 6.45) is 0.747. The maximum absolute atomic E-state index is 12.3. The topological polar surface area (TPSA) is 164 Å². The number of nitrogens with one attached hydrogen (secondary N) is 2. The van der Waals surface area contributed by atoms with Crippen LogP contribution in [0.3, 0.4) is 0 Å². The molecule has 0 spiro atoms. The number of aliphatic hydroxyl groups is 2. The number of nitrogens with zero attached hydrogens (tertiary/aromatic N) is 5. The molecule has 3 aromatic rings. The summed E-state index contributed by atoms with van der Waals surface area (Å²) in [4.78, 5) is 26.4. The molecule has 6 N–H and O–H groups in total. The largest absolute Gasteiger partial charge is 0.385 e. The van der Waals surface area contributed by atoms with Crippen molar-refractivity contribution in [1.29, 1.82) is 0 Å². The molecule has 0 bridgehead atoms. The Hall–Kier alpha value is -3.32. The number of aliphatic hydroxyl groups excluding tert-OH is 1. The van der Waals surface area contributed by atoms with Crippen molar-refractivity contribution in [2.75, 3.05) is 44.3 Å². The zero-order chi connectivity index (χ0) is 26.1. The van der Waals surface area contributed by atoms with Gasteiger partial charge < -0.3 is 36.2 Å². The van der Waals surface area contributed by atoms with Gasteiger partial charge in [-0.05, 0) is 30.2 Å². The third kappa shape index (κ3) is 5.26. The van der Waals surface area contributed by atoms with Gasteiger partial charge in [0.25, 0.3) is 0 Å². The van der Waals surface area contributed by atoms with Crippen molar-refractivity contribution in [3.8, 4) is 0 Å². The van der Waals surface area contributed by atoms with Gasteiger partial charge in [-0.1, -0.05) is 32.9 Å². The van der Waals surface area contributed by atoms with Gasteiger partial charge in [-0.2, -0.15) is 0 Å². The first-order chi connectivity index (χ1) is 17.0. The molecule has 1 saturated heterocycles. The van der Waals surface area contributed by atoms with E-state index in [0.29, 0.717) is 30.8 Å². The number of urea groups is 1. The van der Waals surface area contributed by atoms with Crippen LogP contribution in [0.2, 0.25) is 0 Å². The molecule has 194 valence electrons. The maximum atomic E-state index is 12.3. The number of likely N-dealkylation sites (N-methyl/N-ethyl adjacent to an activating group) is 1. The van der Waals surface area contributed by atoms with Crippen LogP contribution in [0.5, 0.6) is 0 Å². The molecule has 0 saturated carbocycles. The first-order valence-electron chi connectivity index (χ1n) is 11.8. The molecular formula is C24H34N8O4. The van der Waals surface area contributed by atoms with Gasteiger partial charge in [0, 0.05) is 25.3 Å². The SMILES string of the molecule is CN(CCNC(=O)Nc1ccc(C(C)(C)C)cc1)C[C@H]1OC[C@](O)(n2cnc3c(N)ncnc32)[C@@H]1O. The lowest BCUT2D eigenvalue weighted by molar-refractivity contribution is -0.108. The Morgan fingerprint density at radius 1 is 1.28 bits per heavy atom. The van der Waals surface area contributed by atoms with Crippen LogP contribution < -0.4 is 16.4 Å². The number of anilines is 2. The molecule has 36 heavy (non-hydrogen) atoms.